The summed E-state index contributed by atoms with van der Waals surface area (Å²) >= 11 is 0. The molecule has 0 aromatic heterocycles. The van der Waals surface area contributed by atoms with Crippen LogP contribution in [0.4, 0.5) is 0 Å². The number of rotatable bonds is 1. The standard InChI is InChI=1S/C14H11O/c15-11-14-9-7-13(8-10-14)6-5-12-3-1-2-4-12/h1-4,7-10,15H,11H2/q-1. The fourth-order valence-electron chi connectivity index (χ4n) is 1.30. The Kier molecular flexibility index (Phi) is 2.92. The van der Waals surface area contributed by atoms with Crippen molar-refractivity contribution >= 4 is 0 Å². The molecular weight excluding hydrogens is 184 g/mol. The van der Waals surface area contributed by atoms with Gasteiger partial charge in [0.25, 0.3) is 0 Å². The molecule has 1 N–H and O–H groups in total. The summed E-state index contributed by atoms with van der Waals surface area (Å²) in [4.78, 5) is 0. The van der Waals surface area contributed by atoms with E-state index in [2.05, 4.69) is 11.8 Å². The molecule has 74 valence electrons. The maximum absolute atomic E-state index is 8.87. The van der Waals surface area contributed by atoms with Crippen LogP contribution >= 0.6 is 0 Å². The molecule has 0 saturated carbocycles. The van der Waals surface area contributed by atoms with Crippen LogP contribution in [0.15, 0.2) is 48.5 Å². The Morgan fingerprint density at radius 3 is 2.47 bits per heavy atom. The zero-order valence-corrected chi connectivity index (χ0v) is 8.27. The largest absolute Gasteiger partial charge is 0.392 e. The molecule has 15 heavy (non-hydrogen) atoms. The van der Waals surface area contributed by atoms with Gasteiger partial charge >= 0.3 is 0 Å². The smallest absolute Gasteiger partial charge is 0.0681 e. The minimum Gasteiger partial charge on any atom is -0.392 e. The van der Waals surface area contributed by atoms with Crippen LogP contribution in [0.5, 0.6) is 0 Å². The normalized spacial score (nSPS) is 9.40. The molecule has 0 aliphatic carbocycles. The number of aliphatic hydroxyl groups is 1. The molecule has 2 rings (SSSR count). The van der Waals surface area contributed by atoms with Gasteiger partial charge in [-0.05, 0) is 17.7 Å². The fraction of sp³-hybridized carbons (Fsp3) is 0.0714. The summed E-state index contributed by atoms with van der Waals surface area (Å²) in [6.07, 6.45) is 0. The lowest BCUT2D eigenvalue weighted by atomic mass is 10.1. The van der Waals surface area contributed by atoms with Crippen molar-refractivity contribution in [2.24, 2.45) is 0 Å². The van der Waals surface area contributed by atoms with Gasteiger partial charge in [-0.3, -0.25) is 0 Å². The number of aliphatic hydroxyl groups excluding tert-OH is 1. The molecule has 0 radical (unpaired) electrons. The van der Waals surface area contributed by atoms with E-state index in [0.717, 1.165) is 16.7 Å². The van der Waals surface area contributed by atoms with Crippen LogP contribution in [0.3, 0.4) is 0 Å². The molecule has 0 unspecified atom stereocenters. The summed E-state index contributed by atoms with van der Waals surface area (Å²) < 4.78 is 0. The molecule has 1 heteroatoms. The average Bonchev–Trinajstić information content (AvgIpc) is 2.80. The van der Waals surface area contributed by atoms with Crippen LogP contribution in [0, 0.1) is 11.8 Å². The first-order chi connectivity index (χ1) is 7.38. The van der Waals surface area contributed by atoms with E-state index in [-0.39, 0.29) is 6.61 Å². The van der Waals surface area contributed by atoms with E-state index in [1.807, 2.05) is 48.5 Å². The summed E-state index contributed by atoms with van der Waals surface area (Å²) in [5, 5.41) is 8.87. The molecule has 0 aliphatic rings. The molecule has 0 heterocycles. The number of benzene rings is 1. The molecule has 0 amide bonds. The van der Waals surface area contributed by atoms with Crippen molar-refractivity contribution in [1.82, 2.24) is 0 Å². The van der Waals surface area contributed by atoms with Crippen molar-refractivity contribution in [1.29, 1.82) is 0 Å². The fourth-order valence-corrected chi connectivity index (χ4v) is 1.30. The van der Waals surface area contributed by atoms with Crippen LogP contribution in [-0.2, 0) is 6.61 Å². The van der Waals surface area contributed by atoms with Gasteiger partial charge in [0.2, 0.25) is 0 Å². The second-order valence-electron chi connectivity index (χ2n) is 3.28. The Hall–Kier alpha value is -1.91. The quantitative estimate of drug-likeness (QED) is 0.547. The number of hydrogen-bond acceptors (Lipinski definition) is 1. The van der Waals surface area contributed by atoms with E-state index < -0.39 is 0 Å². The third-order valence-electron chi connectivity index (χ3n) is 2.15. The van der Waals surface area contributed by atoms with Crippen LogP contribution < -0.4 is 0 Å². The van der Waals surface area contributed by atoms with E-state index in [1.165, 1.54) is 0 Å². The molecule has 0 fully saturated rings. The number of hydrogen-bond donors (Lipinski definition) is 1. The molecular formula is C14H11O-. The van der Waals surface area contributed by atoms with E-state index in [4.69, 9.17) is 5.11 Å². The zero-order valence-electron chi connectivity index (χ0n) is 8.27. The Morgan fingerprint density at radius 2 is 1.87 bits per heavy atom. The third-order valence-corrected chi connectivity index (χ3v) is 2.15. The lowest BCUT2D eigenvalue weighted by Crippen LogP contribution is -1.82. The SMILES string of the molecule is OCc1ccc(C#Cc2ccc[cH-]2)cc1. The van der Waals surface area contributed by atoms with E-state index in [9.17, 15) is 0 Å². The predicted molar refractivity (Wildman–Crippen MR) is 60.4 cm³/mol. The molecule has 1 nitrogen and oxygen atoms in total. The Bertz CT molecular complexity index is 466. The highest BCUT2D eigenvalue weighted by Crippen LogP contribution is 2.03. The van der Waals surface area contributed by atoms with Crippen molar-refractivity contribution in [2.75, 3.05) is 0 Å². The van der Waals surface area contributed by atoms with Gasteiger partial charge in [-0.15, -0.1) is 17.6 Å². The molecule has 0 atom stereocenters. The first kappa shape index (κ1) is 9.64. The van der Waals surface area contributed by atoms with Crippen molar-refractivity contribution in [3.63, 3.8) is 0 Å². The lowest BCUT2D eigenvalue weighted by Gasteiger charge is -1.95. The molecule has 2 aromatic rings. The minimum atomic E-state index is 0.0799. The van der Waals surface area contributed by atoms with Crippen molar-refractivity contribution in [3.05, 3.63) is 65.2 Å². The van der Waals surface area contributed by atoms with Crippen LogP contribution in [-0.4, -0.2) is 5.11 Å². The lowest BCUT2D eigenvalue weighted by molar-refractivity contribution is 0.282. The van der Waals surface area contributed by atoms with Gasteiger partial charge < -0.3 is 5.11 Å². The molecule has 0 bridgehead atoms. The van der Waals surface area contributed by atoms with Gasteiger partial charge in [-0.2, -0.15) is 24.1 Å². The molecule has 2 aromatic carbocycles. The highest BCUT2D eigenvalue weighted by atomic mass is 16.3. The van der Waals surface area contributed by atoms with E-state index >= 15 is 0 Å². The van der Waals surface area contributed by atoms with Crippen molar-refractivity contribution in [3.8, 4) is 11.8 Å². The summed E-state index contributed by atoms with van der Waals surface area (Å²) in [5.41, 5.74) is 2.91. The van der Waals surface area contributed by atoms with E-state index in [0.29, 0.717) is 0 Å². The highest BCUT2D eigenvalue weighted by molar-refractivity contribution is 5.43. The minimum absolute atomic E-state index is 0.0799. The second kappa shape index (κ2) is 4.54. The first-order valence-electron chi connectivity index (χ1n) is 4.82. The zero-order chi connectivity index (χ0) is 10.5. The van der Waals surface area contributed by atoms with Gasteiger partial charge in [0.15, 0.2) is 0 Å². The van der Waals surface area contributed by atoms with Gasteiger partial charge in [0.05, 0.1) is 6.61 Å². The maximum Gasteiger partial charge on any atom is 0.0681 e. The Labute approximate surface area is 89.4 Å². The molecule has 0 saturated heterocycles. The Balaban J connectivity index is 2.17. The third kappa shape index (κ3) is 2.52. The van der Waals surface area contributed by atoms with Gasteiger partial charge in [0.1, 0.15) is 0 Å². The van der Waals surface area contributed by atoms with Crippen LogP contribution in [0.1, 0.15) is 16.7 Å². The second-order valence-corrected chi connectivity index (χ2v) is 3.28. The first-order valence-corrected chi connectivity index (χ1v) is 4.82. The highest BCUT2D eigenvalue weighted by Gasteiger charge is 1.88. The average molecular weight is 195 g/mol. The maximum atomic E-state index is 8.87. The summed E-state index contributed by atoms with van der Waals surface area (Å²) in [6, 6.07) is 15.5. The molecule has 0 spiro atoms. The van der Waals surface area contributed by atoms with Gasteiger partial charge in [0, 0.05) is 5.56 Å². The summed E-state index contributed by atoms with van der Waals surface area (Å²) in [6.45, 7) is 0.0799. The van der Waals surface area contributed by atoms with Gasteiger partial charge in [-0.1, -0.05) is 12.1 Å². The van der Waals surface area contributed by atoms with Crippen LogP contribution in [0.2, 0.25) is 0 Å². The van der Waals surface area contributed by atoms with Gasteiger partial charge in [-0.25, -0.2) is 0 Å². The van der Waals surface area contributed by atoms with Crippen molar-refractivity contribution in [2.45, 2.75) is 6.61 Å². The van der Waals surface area contributed by atoms with E-state index in [1.54, 1.807) is 0 Å². The van der Waals surface area contributed by atoms with Crippen molar-refractivity contribution < 1.29 is 5.11 Å². The summed E-state index contributed by atoms with van der Waals surface area (Å²) in [7, 11) is 0. The topological polar surface area (TPSA) is 20.2 Å². The Morgan fingerprint density at radius 1 is 1.07 bits per heavy atom. The van der Waals surface area contributed by atoms with Crippen LogP contribution in [0.25, 0.3) is 0 Å². The monoisotopic (exact) mass is 195 g/mol. The molecule has 0 aliphatic heterocycles. The summed E-state index contributed by atoms with van der Waals surface area (Å²) in [5.74, 6) is 6.13. The predicted octanol–water partition coefficient (Wildman–Crippen LogP) is 2.30.